The molecule has 2 rings (SSSR count). The lowest BCUT2D eigenvalue weighted by atomic mass is 10.2. The zero-order valence-corrected chi connectivity index (χ0v) is 14.0. The van der Waals surface area contributed by atoms with Crippen molar-refractivity contribution in [2.75, 3.05) is 11.6 Å². The highest BCUT2D eigenvalue weighted by atomic mass is 127. The fourth-order valence-corrected chi connectivity index (χ4v) is 2.77. The number of nitrogens with one attached hydrogen (secondary N) is 2. The van der Waals surface area contributed by atoms with E-state index in [-0.39, 0.29) is 6.03 Å². The third kappa shape index (κ3) is 4.72. The minimum atomic E-state index is -0.192. The standard InChI is InChI=1S/C15H15IN2OS/c1-20-14-7-3-6-13(9-14)18-15(19)17-10-11-4-2-5-12(16)8-11/h2-9H,10H2,1H3,(H2,17,18,19). The molecule has 0 aliphatic heterocycles. The lowest BCUT2D eigenvalue weighted by Crippen LogP contribution is -2.28. The second kappa shape index (κ2) is 7.54. The number of urea groups is 1. The van der Waals surface area contributed by atoms with Crippen molar-refractivity contribution in [3.05, 3.63) is 57.7 Å². The molecule has 3 nitrogen and oxygen atoms in total. The number of rotatable bonds is 4. The molecule has 0 spiro atoms. The molecule has 0 aliphatic rings. The summed E-state index contributed by atoms with van der Waals surface area (Å²) in [5, 5.41) is 5.69. The fourth-order valence-electron chi connectivity index (χ4n) is 1.71. The molecule has 0 fully saturated rings. The van der Waals surface area contributed by atoms with Crippen LogP contribution in [0.3, 0.4) is 0 Å². The molecule has 2 N–H and O–H groups in total. The quantitative estimate of drug-likeness (QED) is 0.595. The summed E-state index contributed by atoms with van der Waals surface area (Å²) in [6.07, 6.45) is 2.01. The molecule has 0 radical (unpaired) electrons. The largest absolute Gasteiger partial charge is 0.334 e. The molecule has 0 saturated heterocycles. The van der Waals surface area contributed by atoms with E-state index >= 15 is 0 Å². The highest BCUT2D eigenvalue weighted by Crippen LogP contribution is 2.18. The van der Waals surface area contributed by atoms with Gasteiger partial charge < -0.3 is 10.6 Å². The molecule has 0 unspecified atom stereocenters. The topological polar surface area (TPSA) is 41.1 Å². The van der Waals surface area contributed by atoms with Crippen molar-refractivity contribution < 1.29 is 4.79 Å². The van der Waals surface area contributed by atoms with E-state index in [0.29, 0.717) is 6.54 Å². The molecule has 104 valence electrons. The Morgan fingerprint density at radius 3 is 2.75 bits per heavy atom. The van der Waals surface area contributed by atoms with Crippen molar-refractivity contribution in [3.63, 3.8) is 0 Å². The van der Waals surface area contributed by atoms with Crippen molar-refractivity contribution in [1.82, 2.24) is 5.32 Å². The lowest BCUT2D eigenvalue weighted by molar-refractivity contribution is 0.251. The number of hydrogen-bond acceptors (Lipinski definition) is 2. The third-order valence-corrected chi connectivity index (χ3v) is 4.07. The second-order valence-corrected chi connectivity index (χ2v) is 6.29. The Kier molecular flexibility index (Phi) is 5.72. The number of carbonyl (C=O) groups excluding carboxylic acids is 1. The zero-order chi connectivity index (χ0) is 14.4. The molecule has 2 aromatic carbocycles. The third-order valence-electron chi connectivity index (χ3n) is 2.67. The van der Waals surface area contributed by atoms with Gasteiger partial charge in [0.2, 0.25) is 0 Å². The van der Waals surface area contributed by atoms with Gasteiger partial charge >= 0.3 is 6.03 Å². The van der Waals surface area contributed by atoms with Crippen LogP contribution in [0.25, 0.3) is 0 Å². The average molecular weight is 398 g/mol. The highest BCUT2D eigenvalue weighted by molar-refractivity contribution is 14.1. The van der Waals surface area contributed by atoms with Crippen molar-refractivity contribution in [3.8, 4) is 0 Å². The van der Waals surface area contributed by atoms with Gasteiger partial charge in [-0.25, -0.2) is 4.79 Å². The molecule has 0 aromatic heterocycles. The van der Waals surface area contributed by atoms with Crippen LogP contribution in [-0.4, -0.2) is 12.3 Å². The molecule has 2 amide bonds. The van der Waals surface area contributed by atoms with Gasteiger partial charge in [-0.1, -0.05) is 18.2 Å². The van der Waals surface area contributed by atoms with Gasteiger partial charge in [-0.15, -0.1) is 11.8 Å². The van der Waals surface area contributed by atoms with E-state index < -0.39 is 0 Å². The Balaban J connectivity index is 1.89. The summed E-state index contributed by atoms with van der Waals surface area (Å²) < 4.78 is 1.16. The van der Waals surface area contributed by atoms with Crippen molar-refractivity contribution >= 4 is 46.1 Å². The van der Waals surface area contributed by atoms with Crippen molar-refractivity contribution in [2.45, 2.75) is 11.4 Å². The first kappa shape index (κ1) is 15.2. The predicted octanol–water partition coefficient (Wildman–Crippen LogP) is 4.33. The maximum absolute atomic E-state index is 11.8. The SMILES string of the molecule is CSc1cccc(NC(=O)NCc2cccc(I)c2)c1. The van der Waals surface area contributed by atoms with E-state index in [1.165, 1.54) is 0 Å². The number of thioether (sulfide) groups is 1. The van der Waals surface area contributed by atoms with Crippen molar-refractivity contribution in [1.29, 1.82) is 0 Å². The number of benzene rings is 2. The Bertz CT molecular complexity index is 604. The molecule has 0 heterocycles. The summed E-state index contributed by atoms with van der Waals surface area (Å²) in [6, 6.07) is 15.6. The minimum absolute atomic E-state index is 0.192. The Morgan fingerprint density at radius 2 is 2.00 bits per heavy atom. The Labute approximate surface area is 136 Å². The van der Waals surface area contributed by atoms with Crippen LogP contribution in [0.1, 0.15) is 5.56 Å². The van der Waals surface area contributed by atoms with Gasteiger partial charge in [-0.05, 0) is 64.7 Å². The summed E-state index contributed by atoms with van der Waals surface area (Å²) >= 11 is 3.91. The Hall–Kier alpha value is -1.21. The average Bonchev–Trinajstić information content (AvgIpc) is 2.45. The van der Waals surface area contributed by atoms with Gasteiger partial charge in [0.25, 0.3) is 0 Å². The van der Waals surface area contributed by atoms with Gasteiger partial charge in [-0.2, -0.15) is 0 Å². The highest BCUT2D eigenvalue weighted by Gasteiger charge is 2.02. The van der Waals surface area contributed by atoms with E-state index in [1.807, 2.05) is 48.7 Å². The maximum Gasteiger partial charge on any atom is 0.319 e. The number of carbonyl (C=O) groups is 1. The maximum atomic E-state index is 11.8. The minimum Gasteiger partial charge on any atom is -0.334 e. The molecule has 0 bridgehead atoms. The van der Waals surface area contributed by atoms with Gasteiger partial charge in [0.05, 0.1) is 0 Å². The second-order valence-electron chi connectivity index (χ2n) is 4.17. The van der Waals surface area contributed by atoms with Gasteiger partial charge in [0, 0.05) is 20.7 Å². The number of halogens is 1. The monoisotopic (exact) mass is 398 g/mol. The number of hydrogen-bond donors (Lipinski definition) is 2. The number of anilines is 1. The summed E-state index contributed by atoms with van der Waals surface area (Å²) in [5.74, 6) is 0. The van der Waals surface area contributed by atoms with Crippen LogP contribution < -0.4 is 10.6 Å². The van der Waals surface area contributed by atoms with Crippen LogP contribution in [-0.2, 0) is 6.54 Å². The van der Waals surface area contributed by atoms with E-state index in [0.717, 1.165) is 19.7 Å². The first-order valence-electron chi connectivity index (χ1n) is 6.11. The van der Waals surface area contributed by atoms with Crippen LogP contribution in [0.2, 0.25) is 0 Å². The molecule has 20 heavy (non-hydrogen) atoms. The van der Waals surface area contributed by atoms with Gasteiger partial charge in [-0.3, -0.25) is 0 Å². The van der Waals surface area contributed by atoms with E-state index in [4.69, 9.17) is 0 Å². The summed E-state index contributed by atoms with van der Waals surface area (Å²) in [4.78, 5) is 13.0. The lowest BCUT2D eigenvalue weighted by Gasteiger charge is -2.08. The van der Waals surface area contributed by atoms with Gasteiger partial charge in [0.15, 0.2) is 0 Å². The summed E-state index contributed by atoms with van der Waals surface area (Å²) in [5.41, 5.74) is 1.89. The summed E-state index contributed by atoms with van der Waals surface area (Å²) in [7, 11) is 0. The fraction of sp³-hybridized carbons (Fsp3) is 0.133. The van der Waals surface area contributed by atoms with Crippen LogP contribution in [0.15, 0.2) is 53.4 Å². The molecule has 0 saturated carbocycles. The smallest absolute Gasteiger partial charge is 0.319 e. The molecular weight excluding hydrogens is 383 g/mol. The molecule has 0 aliphatic carbocycles. The van der Waals surface area contributed by atoms with Crippen LogP contribution >= 0.6 is 34.4 Å². The van der Waals surface area contributed by atoms with Crippen LogP contribution in [0, 0.1) is 3.57 Å². The molecule has 0 atom stereocenters. The first-order valence-corrected chi connectivity index (χ1v) is 8.41. The van der Waals surface area contributed by atoms with E-state index in [9.17, 15) is 4.79 Å². The predicted molar refractivity (Wildman–Crippen MR) is 93.2 cm³/mol. The van der Waals surface area contributed by atoms with Crippen LogP contribution in [0.5, 0.6) is 0 Å². The van der Waals surface area contributed by atoms with Gasteiger partial charge in [0.1, 0.15) is 0 Å². The van der Waals surface area contributed by atoms with Crippen molar-refractivity contribution in [2.24, 2.45) is 0 Å². The number of amides is 2. The normalized spacial score (nSPS) is 10.1. The molecular formula is C15H15IN2OS. The molecule has 5 heteroatoms. The first-order chi connectivity index (χ1) is 9.67. The summed E-state index contributed by atoms with van der Waals surface area (Å²) in [6.45, 7) is 0.519. The van der Waals surface area contributed by atoms with Crippen LogP contribution in [0.4, 0.5) is 10.5 Å². The van der Waals surface area contributed by atoms with E-state index in [1.54, 1.807) is 11.8 Å². The van der Waals surface area contributed by atoms with E-state index in [2.05, 4.69) is 39.3 Å². The zero-order valence-electron chi connectivity index (χ0n) is 11.0. The molecule has 2 aromatic rings. The Morgan fingerprint density at radius 1 is 1.20 bits per heavy atom.